The molecular weight excluding hydrogens is 354 g/mol. The summed E-state index contributed by atoms with van der Waals surface area (Å²) in [5.41, 5.74) is 2.33. The van der Waals surface area contributed by atoms with Crippen molar-refractivity contribution in [2.75, 3.05) is 62.4 Å². The van der Waals surface area contributed by atoms with Crippen LogP contribution in [0.25, 0.3) is 22.2 Å². The summed E-state index contributed by atoms with van der Waals surface area (Å²) in [5, 5.41) is 0.864. The molecule has 2 aliphatic rings. The van der Waals surface area contributed by atoms with Gasteiger partial charge in [-0.15, -0.1) is 0 Å². The third kappa shape index (κ3) is 3.39. The Bertz CT molecular complexity index is 1000. The molecule has 3 aromatic rings. The summed E-state index contributed by atoms with van der Waals surface area (Å²) in [4.78, 5) is 18.6. The molecule has 4 heterocycles. The van der Waals surface area contributed by atoms with Crippen molar-refractivity contribution in [1.82, 2.24) is 15.0 Å². The van der Waals surface area contributed by atoms with Gasteiger partial charge in [0.25, 0.3) is 0 Å². The Morgan fingerprint density at radius 2 is 1.54 bits per heavy atom. The lowest BCUT2D eigenvalue weighted by atomic mass is 10.1. The van der Waals surface area contributed by atoms with Crippen molar-refractivity contribution in [2.24, 2.45) is 0 Å². The van der Waals surface area contributed by atoms with E-state index in [9.17, 15) is 0 Å². The molecule has 0 spiro atoms. The van der Waals surface area contributed by atoms with Crippen LogP contribution in [-0.2, 0) is 9.47 Å². The minimum Gasteiger partial charge on any atom is -0.378 e. The van der Waals surface area contributed by atoms with Crippen LogP contribution in [0.15, 0.2) is 42.6 Å². The first-order valence-electron chi connectivity index (χ1n) is 10.2. The van der Waals surface area contributed by atoms with Crippen molar-refractivity contribution in [2.45, 2.75) is 0 Å². The Morgan fingerprint density at radius 1 is 0.857 bits per heavy atom. The Labute approximate surface area is 165 Å². The van der Waals surface area contributed by atoms with E-state index >= 15 is 0 Å². The Kier molecular flexibility index (Phi) is 4.45. The van der Waals surface area contributed by atoms with E-state index < -0.39 is 0 Å². The van der Waals surface area contributed by atoms with Crippen LogP contribution in [0, 0.1) is 0 Å². The molecule has 0 saturated carbocycles. The van der Waals surface area contributed by atoms with E-state index in [1.54, 1.807) is 0 Å². The second kappa shape index (κ2) is 7.69. The van der Waals surface area contributed by atoms with Crippen molar-refractivity contribution in [1.29, 1.82) is 0 Å². The zero-order valence-electron chi connectivity index (χ0n) is 16.7. The van der Waals surface area contributed by atoms with Gasteiger partial charge in [-0.3, -0.25) is 4.98 Å². The number of hydrogen-bond acceptors (Lipinski definition) is 7. The number of rotatable bonds is 3. The third-order valence-electron chi connectivity index (χ3n) is 5.15. The second-order valence-corrected chi connectivity index (χ2v) is 6.93. The van der Waals surface area contributed by atoms with Gasteiger partial charge in [0, 0.05) is 37.1 Å². The van der Waals surface area contributed by atoms with Crippen LogP contribution in [0.2, 0.25) is 0 Å². The van der Waals surface area contributed by atoms with E-state index in [-0.39, 0.29) is 6.17 Å². The zero-order valence-corrected chi connectivity index (χ0v) is 15.7. The molecule has 5 rings (SSSR count). The number of ether oxygens (including phenoxy) is 2. The minimum atomic E-state index is 0.174. The van der Waals surface area contributed by atoms with Crippen LogP contribution in [0.4, 0.5) is 11.8 Å². The van der Waals surface area contributed by atoms with E-state index in [2.05, 4.69) is 14.8 Å². The second-order valence-electron chi connectivity index (χ2n) is 6.93. The summed E-state index contributed by atoms with van der Waals surface area (Å²) in [7, 11) is 0. The average Bonchev–Trinajstić information content (AvgIpc) is 2.80. The van der Waals surface area contributed by atoms with Crippen molar-refractivity contribution < 1.29 is 10.8 Å². The van der Waals surface area contributed by atoms with Crippen LogP contribution in [0.3, 0.4) is 0 Å². The molecule has 2 fully saturated rings. The summed E-state index contributed by atoms with van der Waals surface area (Å²) in [6.07, 6.45) is 0.174. The van der Waals surface area contributed by atoms with Gasteiger partial charge in [-0.25, -0.2) is 4.98 Å². The van der Waals surface area contributed by atoms with Gasteiger partial charge < -0.3 is 19.3 Å². The molecule has 2 aromatic heterocycles. The Hall–Kier alpha value is -2.77. The molecule has 7 nitrogen and oxygen atoms in total. The maximum atomic E-state index is 8.59. The highest BCUT2D eigenvalue weighted by Gasteiger charge is 2.21. The van der Waals surface area contributed by atoms with Crippen molar-refractivity contribution >= 4 is 22.7 Å². The number of morpholine rings is 2. The maximum Gasteiger partial charge on any atom is 0.228 e. The first-order chi connectivity index (χ1) is 14.3. The van der Waals surface area contributed by atoms with Crippen LogP contribution in [0.5, 0.6) is 0 Å². The van der Waals surface area contributed by atoms with E-state index in [0.29, 0.717) is 37.9 Å². The fourth-order valence-electron chi connectivity index (χ4n) is 3.62. The molecule has 7 heteroatoms. The topological polar surface area (TPSA) is 63.6 Å². The van der Waals surface area contributed by atoms with Crippen LogP contribution < -0.4 is 9.80 Å². The molecule has 0 atom stereocenters. The van der Waals surface area contributed by atoms with Crippen molar-refractivity contribution in [3.05, 3.63) is 42.6 Å². The lowest BCUT2D eigenvalue weighted by molar-refractivity contribution is 0.121. The van der Waals surface area contributed by atoms with Gasteiger partial charge in [0.2, 0.25) is 5.95 Å². The minimum absolute atomic E-state index is 0.174. The molecule has 2 saturated heterocycles. The highest BCUT2D eigenvalue weighted by Crippen LogP contribution is 2.30. The van der Waals surface area contributed by atoms with Crippen LogP contribution in [-0.4, -0.2) is 67.6 Å². The molecule has 0 radical (unpaired) electrons. The number of pyridine rings is 1. The number of anilines is 2. The van der Waals surface area contributed by atoms with Gasteiger partial charge in [-0.1, -0.05) is 30.3 Å². The molecule has 0 unspecified atom stereocenters. The molecule has 144 valence electrons. The van der Waals surface area contributed by atoms with Gasteiger partial charge in [-0.05, 0) is 6.07 Å². The third-order valence-corrected chi connectivity index (χ3v) is 5.15. The standard InChI is InChI=1S/C21H23N5O2/c1-2-4-16(5-3-1)18-14-17-19(15-22-18)23-21(26-8-12-28-13-9-26)24-20(17)25-6-10-27-11-7-25/h1-5,14-15H,6-13H2/i15D. The predicted octanol–water partition coefficient (Wildman–Crippen LogP) is 2.37. The number of fused-ring (bicyclic) bond motifs is 1. The summed E-state index contributed by atoms with van der Waals surface area (Å²) < 4.78 is 19.6. The number of nitrogens with zero attached hydrogens (tertiary/aromatic N) is 5. The molecule has 0 N–H and O–H groups in total. The average molecular weight is 378 g/mol. The van der Waals surface area contributed by atoms with Gasteiger partial charge in [0.15, 0.2) is 0 Å². The van der Waals surface area contributed by atoms with E-state index in [4.69, 9.17) is 20.8 Å². The van der Waals surface area contributed by atoms with Gasteiger partial charge >= 0.3 is 0 Å². The maximum absolute atomic E-state index is 8.59. The Balaban J connectivity index is 1.68. The van der Waals surface area contributed by atoms with E-state index in [1.807, 2.05) is 36.4 Å². The molecule has 1 aromatic carbocycles. The van der Waals surface area contributed by atoms with Crippen LogP contribution in [0.1, 0.15) is 1.37 Å². The number of hydrogen-bond donors (Lipinski definition) is 0. The lowest BCUT2D eigenvalue weighted by Gasteiger charge is -2.31. The normalized spacial score (nSPS) is 18.4. The quantitative estimate of drug-likeness (QED) is 0.693. The van der Waals surface area contributed by atoms with Crippen LogP contribution >= 0.6 is 0 Å². The fourth-order valence-corrected chi connectivity index (χ4v) is 3.62. The van der Waals surface area contributed by atoms with Crippen molar-refractivity contribution in [3.63, 3.8) is 0 Å². The SMILES string of the molecule is [2H]c1nc(-c2ccccc2)cc2c(N3CCOCC3)nc(N3CCOCC3)nc12. The first kappa shape index (κ1) is 16.2. The summed E-state index contributed by atoms with van der Waals surface area (Å²) in [5.74, 6) is 1.50. The van der Waals surface area contributed by atoms with Gasteiger partial charge in [0.1, 0.15) is 5.82 Å². The smallest absolute Gasteiger partial charge is 0.228 e. The van der Waals surface area contributed by atoms with Gasteiger partial charge in [0.05, 0.1) is 45.2 Å². The molecule has 0 bridgehead atoms. The number of benzene rings is 1. The Morgan fingerprint density at radius 3 is 2.25 bits per heavy atom. The van der Waals surface area contributed by atoms with Crippen molar-refractivity contribution in [3.8, 4) is 11.3 Å². The molecule has 0 amide bonds. The monoisotopic (exact) mass is 378 g/mol. The molecular formula is C21H23N5O2. The van der Waals surface area contributed by atoms with E-state index in [0.717, 1.165) is 48.6 Å². The zero-order chi connectivity index (χ0) is 19.6. The number of aromatic nitrogens is 3. The first-order valence-corrected chi connectivity index (χ1v) is 9.70. The summed E-state index contributed by atoms with van der Waals surface area (Å²) >= 11 is 0. The van der Waals surface area contributed by atoms with E-state index in [1.165, 1.54) is 0 Å². The molecule has 0 aliphatic carbocycles. The lowest BCUT2D eigenvalue weighted by Crippen LogP contribution is -2.39. The predicted molar refractivity (Wildman–Crippen MR) is 109 cm³/mol. The summed E-state index contributed by atoms with van der Waals surface area (Å²) in [6, 6.07) is 12.0. The fraction of sp³-hybridized carbons (Fsp3) is 0.381. The largest absolute Gasteiger partial charge is 0.378 e. The summed E-state index contributed by atoms with van der Waals surface area (Å²) in [6.45, 7) is 5.69. The highest BCUT2D eigenvalue weighted by molar-refractivity contribution is 5.92. The molecule has 28 heavy (non-hydrogen) atoms. The molecule has 2 aliphatic heterocycles. The highest BCUT2D eigenvalue weighted by atomic mass is 16.5. The van der Waals surface area contributed by atoms with Gasteiger partial charge in [-0.2, -0.15) is 4.98 Å².